The van der Waals surface area contributed by atoms with E-state index < -0.39 is 0 Å². The Morgan fingerprint density at radius 2 is 2.04 bits per heavy atom. The van der Waals surface area contributed by atoms with Gasteiger partial charge < -0.3 is 9.47 Å². The fourth-order valence-electron chi connectivity index (χ4n) is 3.40. The Balaban J connectivity index is 1.79. The molecule has 0 amide bonds. The minimum Gasteiger partial charge on any atom is -0.493 e. The standard InChI is InChI=1S/C22H28N2O2/c1-3-4-5-6-9-20-18-10-11-21(25-2)22(19(18)12-14-24-20)26-16-17-8-7-13-23-15-17/h7-8,10-11,13,15H,3-6,9,12,14,16H2,1-2H3. The molecular formula is C22H28N2O2. The number of hydrogen-bond donors (Lipinski definition) is 0. The summed E-state index contributed by atoms with van der Waals surface area (Å²) < 4.78 is 11.8. The predicted molar refractivity (Wildman–Crippen MR) is 105 cm³/mol. The van der Waals surface area contributed by atoms with Crippen molar-refractivity contribution in [2.24, 2.45) is 4.99 Å². The van der Waals surface area contributed by atoms with Crippen molar-refractivity contribution >= 4 is 5.71 Å². The van der Waals surface area contributed by atoms with Crippen molar-refractivity contribution < 1.29 is 9.47 Å². The van der Waals surface area contributed by atoms with Crippen LogP contribution in [0.2, 0.25) is 0 Å². The van der Waals surface area contributed by atoms with Gasteiger partial charge >= 0.3 is 0 Å². The Morgan fingerprint density at radius 1 is 1.12 bits per heavy atom. The first-order valence-electron chi connectivity index (χ1n) is 9.58. The Hall–Kier alpha value is -2.36. The third kappa shape index (κ3) is 4.43. The number of aromatic nitrogens is 1. The van der Waals surface area contributed by atoms with Gasteiger partial charge in [0.05, 0.1) is 7.11 Å². The second kappa shape index (κ2) is 9.37. The number of rotatable bonds is 9. The van der Waals surface area contributed by atoms with Crippen LogP contribution in [0.3, 0.4) is 0 Å². The second-order valence-electron chi connectivity index (χ2n) is 6.66. The van der Waals surface area contributed by atoms with Crippen LogP contribution in [-0.4, -0.2) is 24.4 Å². The van der Waals surface area contributed by atoms with E-state index in [0.717, 1.165) is 36.4 Å². The van der Waals surface area contributed by atoms with Gasteiger partial charge in [-0.1, -0.05) is 32.3 Å². The van der Waals surface area contributed by atoms with E-state index in [-0.39, 0.29) is 0 Å². The fraction of sp³-hybridized carbons (Fsp3) is 0.455. The van der Waals surface area contributed by atoms with Crippen LogP contribution in [0.25, 0.3) is 0 Å². The van der Waals surface area contributed by atoms with Gasteiger partial charge in [0, 0.05) is 41.3 Å². The average Bonchev–Trinajstić information content (AvgIpc) is 2.70. The lowest BCUT2D eigenvalue weighted by Crippen LogP contribution is -2.15. The molecule has 0 saturated carbocycles. The van der Waals surface area contributed by atoms with Crippen molar-refractivity contribution in [1.82, 2.24) is 4.98 Å². The minimum atomic E-state index is 0.490. The van der Waals surface area contributed by atoms with Crippen LogP contribution in [0, 0.1) is 0 Å². The molecule has 0 saturated heterocycles. The Bertz CT molecular complexity index is 741. The molecule has 1 aromatic carbocycles. The van der Waals surface area contributed by atoms with Gasteiger partial charge in [0.15, 0.2) is 11.5 Å². The summed E-state index contributed by atoms with van der Waals surface area (Å²) in [6.45, 7) is 3.56. The minimum absolute atomic E-state index is 0.490. The highest BCUT2D eigenvalue weighted by Crippen LogP contribution is 2.37. The highest BCUT2D eigenvalue weighted by molar-refractivity contribution is 6.03. The van der Waals surface area contributed by atoms with E-state index in [2.05, 4.69) is 18.0 Å². The van der Waals surface area contributed by atoms with Crippen molar-refractivity contribution in [3.05, 3.63) is 53.3 Å². The van der Waals surface area contributed by atoms with Gasteiger partial charge in [-0.25, -0.2) is 0 Å². The van der Waals surface area contributed by atoms with E-state index in [1.54, 1.807) is 13.3 Å². The maximum Gasteiger partial charge on any atom is 0.165 e. The molecule has 4 heteroatoms. The molecule has 1 aromatic heterocycles. The number of benzene rings is 1. The lowest BCUT2D eigenvalue weighted by Gasteiger charge is -2.22. The average molecular weight is 352 g/mol. The molecule has 4 nitrogen and oxygen atoms in total. The molecule has 3 rings (SSSR count). The summed E-state index contributed by atoms with van der Waals surface area (Å²) in [4.78, 5) is 8.95. The summed E-state index contributed by atoms with van der Waals surface area (Å²) in [5, 5.41) is 0. The smallest absolute Gasteiger partial charge is 0.165 e. The molecule has 0 atom stereocenters. The zero-order valence-corrected chi connectivity index (χ0v) is 15.8. The SMILES string of the molecule is CCCCCCC1=NCCc2c1ccc(OC)c2OCc1cccnc1. The predicted octanol–water partition coefficient (Wildman–Crippen LogP) is 4.98. The third-order valence-corrected chi connectivity index (χ3v) is 4.79. The number of ether oxygens (including phenoxy) is 2. The molecule has 138 valence electrons. The third-order valence-electron chi connectivity index (χ3n) is 4.79. The van der Waals surface area contributed by atoms with Gasteiger partial charge in [-0.15, -0.1) is 0 Å². The first-order chi connectivity index (χ1) is 12.8. The van der Waals surface area contributed by atoms with E-state index in [1.165, 1.54) is 42.5 Å². The molecule has 1 aliphatic heterocycles. The molecule has 0 spiro atoms. The van der Waals surface area contributed by atoms with Gasteiger partial charge in [0.1, 0.15) is 6.61 Å². The van der Waals surface area contributed by atoms with Crippen LogP contribution in [-0.2, 0) is 13.0 Å². The lowest BCUT2D eigenvalue weighted by molar-refractivity contribution is 0.281. The van der Waals surface area contributed by atoms with Crippen LogP contribution < -0.4 is 9.47 Å². The highest BCUT2D eigenvalue weighted by Gasteiger charge is 2.21. The normalized spacial score (nSPS) is 13.1. The second-order valence-corrected chi connectivity index (χ2v) is 6.66. The first-order valence-corrected chi connectivity index (χ1v) is 9.58. The quantitative estimate of drug-likeness (QED) is 0.598. The monoisotopic (exact) mass is 352 g/mol. The molecule has 0 bridgehead atoms. The summed E-state index contributed by atoms with van der Waals surface area (Å²) >= 11 is 0. The van der Waals surface area contributed by atoms with Crippen molar-refractivity contribution in [3.63, 3.8) is 0 Å². The molecular weight excluding hydrogens is 324 g/mol. The maximum absolute atomic E-state index is 6.18. The molecule has 0 fully saturated rings. The molecule has 0 N–H and O–H groups in total. The Kier molecular flexibility index (Phi) is 6.64. The molecule has 26 heavy (non-hydrogen) atoms. The largest absolute Gasteiger partial charge is 0.493 e. The zero-order valence-electron chi connectivity index (χ0n) is 15.8. The van der Waals surface area contributed by atoms with Crippen molar-refractivity contribution in [2.75, 3.05) is 13.7 Å². The van der Waals surface area contributed by atoms with Gasteiger partial charge in [0.25, 0.3) is 0 Å². The Morgan fingerprint density at radius 3 is 2.81 bits per heavy atom. The molecule has 2 heterocycles. The lowest BCUT2D eigenvalue weighted by atomic mass is 9.93. The number of nitrogens with zero attached hydrogens (tertiary/aromatic N) is 2. The van der Waals surface area contributed by atoms with Crippen molar-refractivity contribution in [3.8, 4) is 11.5 Å². The molecule has 0 aliphatic carbocycles. The topological polar surface area (TPSA) is 43.7 Å². The van der Waals surface area contributed by atoms with Gasteiger partial charge in [-0.3, -0.25) is 9.98 Å². The molecule has 0 radical (unpaired) electrons. The maximum atomic E-state index is 6.18. The number of hydrogen-bond acceptors (Lipinski definition) is 4. The molecule has 1 aliphatic rings. The van der Waals surface area contributed by atoms with Crippen LogP contribution in [0.15, 0.2) is 41.7 Å². The van der Waals surface area contributed by atoms with Crippen LogP contribution >= 0.6 is 0 Å². The van der Waals surface area contributed by atoms with E-state index in [1.807, 2.05) is 24.4 Å². The Labute approximate surface area is 156 Å². The highest BCUT2D eigenvalue weighted by atomic mass is 16.5. The van der Waals surface area contributed by atoms with Gasteiger partial charge in [0.2, 0.25) is 0 Å². The van der Waals surface area contributed by atoms with Crippen LogP contribution in [0.5, 0.6) is 11.5 Å². The zero-order chi connectivity index (χ0) is 18.2. The number of unbranched alkanes of at least 4 members (excludes halogenated alkanes) is 3. The van der Waals surface area contributed by atoms with Crippen LogP contribution in [0.1, 0.15) is 55.7 Å². The summed E-state index contributed by atoms with van der Waals surface area (Å²) in [5.41, 5.74) is 4.73. The van der Waals surface area contributed by atoms with E-state index >= 15 is 0 Å². The number of aliphatic imine (C=N–C) groups is 1. The van der Waals surface area contributed by atoms with E-state index in [4.69, 9.17) is 14.5 Å². The number of pyridine rings is 1. The molecule has 0 unspecified atom stereocenters. The van der Waals surface area contributed by atoms with E-state index in [0.29, 0.717) is 6.61 Å². The fourth-order valence-corrected chi connectivity index (χ4v) is 3.40. The van der Waals surface area contributed by atoms with Gasteiger partial charge in [-0.2, -0.15) is 0 Å². The van der Waals surface area contributed by atoms with E-state index in [9.17, 15) is 0 Å². The van der Waals surface area contributed by atoms with Crippen molar-refractivity contribution in [2.45, 2.75) is 52.1 Å². The molecule has 2 aromatic rings. The number of fused-ring (bicyclic) bond motifs is 1. The summed E-state index contributed by atoms with van der Waals surface area (Å²) in [7, 11) is 1.70. The van der Waals surface area contributed by atoms with Crippen molar-refractivity contribution in [1.29, 1.82) is 0 Å². The summed E-state index contributed by atoms with van der Waals surface area (Å²) in [5.74, 6) is 1.65. The summed E-state index contributed by atoms with van der Waals surface area (Å²) in [6, 6.07) is 8.10. The first kappa shape index (κ1) is 18.4. The van der Waals surface area contributed by atoms with Crippen LogP contribution in [0.4, 0.5) is 0 Å². The summed E-state index contributed by atoms with van der Waals surface area (Å²) in [6.07, 6.45) is 10.6. The number of methoxy groups -OCH3 is 1. The van der Waals surface area contributed by atoms with Gasteiger partial charge in [-0.05, 0) is 37.5 Å².